The number of amides is 1. The number of aromatic amines is 1. The number of anilines is 1. The molecule has 0 radical (unpaired) electrons. The van der Waals surface area contributed by atoms with Crippen LogP contribution in [0.4, 0.5) is 10.1 Å². The summed E-state index contributed by atoms with van der Waals surface area (Å²) in [6, 6.07) is 10.5. The average molecular weight is 502 g/mol. The van der Waals surface area contributed by atoms with Crippen molar-refractivity contribution in [1.29, 1.82) is 5.26 Å². The van der Waals surface area contributed by atoms with Crippen LogP contribution in [0.15, 0.2) is 35.1 Å². The van der Waals surface area contributed by atoms with Crippen LogP contribution < -0.4 is 15.8 Å². The summed E-state index contributed by atoms with van der Waals surface area (Å²) in [6.45, 7) is 3.24. The number of rotatable bonds is 5. The second kappa shape index (κ2) is 9.56. The largest absolute Gasteiger partial charge is 0.367 e. The number of piperazine rings is 1. The average Bonchev–Trinajstić information content (AvgIpc) is 3.59. The third kappa shape index (κ3) is 4.79. The maximum atomic E-state index is 13.5. The lowest BCUT2D eigenvalue weighted by atomic mass is 10.1. The topological polar surface area (TPSA) is 118 Å². The molecule has 9 nitrogen and oxygen atoms in total. The normalized spacial score (nSPS) is 22.2. The maximum absolute atomic E-state index is 13.5. The van der Waals surface area contributed by atoms with Crippen LogP contribution in [0.25, 0.3) is 10.9 Å². The first-order valence-corrected chi connectivity index (χ1v) is 12.9. The molecule has 0 spiro atoms. The molecule has 2 unspecified atom stereocenters. The minimum absolute atomic E-state index is 0.161. The Labute approximate surface area is 213 Å². The van der Waals surface area contributed by atoms with Crippen molar-refractivity contribution in [3.8, 4) is 6.07 Å². The first-order chi connectivity index (χ1) is 18.0. The molecule has 1 amide bonds. The fourth-order valence-corrected chi connectivity index (χ4v) is 5.59. The quantitative estimate of drug-likeness (QED) is 0.552. The summed E-state index contributed by atoms with van der Waals surface area (Å²) in [5.74, 6) is 0.176. The van der Waals surface area contributed by atoms with Crippen molar-refractivity contribution in [3.05, 3.63) is 63.7 Å². The summed E-state index contributed by atoms with van der Waals surface area (Å²) in [4.78, 5) is 41.3. The van der Waals surface area contributed by atoms with Crippen molar-refractivity contribution in [3.63, 3.8) is 0 Å². The summed E-state index contributed by atoms with van der Waals surface area (Å²) in [5.41, 5.74) is 1.56. The molecule has 3 aromatic rings. The summed E-state index contributed by atoms with van der Waals surface area (Å²) in [5, 5.41) is 12.9. The molecule has 1 saturated heterocycles. The molecule has 1 aromatic carbocycles. The molecule has 0 bridgehead atoms. The predicted octanol–water partition coefficient (Wildman–Crippen LogP) is 2.68. The van der Waals surface area contributed by atoms with Gasteiger partial charge in [0.2, 0.25) is 0 Å². The van der Waals surface area contributed by atoms with Gasteiger partial charge in [0, 0.05) is 44.2 Å². The van der Waals surface area contributed by atoms with Crippen molar-refractivity contribution in [2.75, 3.05) is 31.1 Å². The van der Waals surface area contributed by atoms with Crippen LogP contribution in [0.5, 0.6) is 0 Å². The van der Waals surface area contributed by atoms with Gasteiger partial charge in [0.05, 0.1) is 16.6 Å². The van der Waals surface area contributed by atoms with E-state index in [4.69, 9.17) is 0 Å². The zero-order valence-electron chi connectivity index (χ0n) is 20.4. The van der Waals surface area contributed by atoms with E-state index in [1.807, 2.05) is 6.07 Å². The smallest absolute Gasteiger partial charge is 0.270 e. The number of pyridine rings is 1. The van der Waals surface area contributed by atoms with Crippen molar-refractivity contribution in [2.24, 2.45) is 0 Å². The number of fused-ring (bicyclic) bond motifs is 1. The first kappa shape index (κ1) is 23.6. The Balaban J connectivity index is 1.09. The molecule has 6 rings (SSSR count). The van der Waals surface area contributed by atoms with E-state index in [9.17, 15) is 19.2 Å². The number of halogens is 1. The van der Waals surface area contributed by atoms with Gasteiger partial charge < -0.3 is 15.2 Å². The molecule has 2 N–H and O–H groups in total. The molecular formula is C27H28FN7O2. The van der Waals surface area contributed by atoms with E-state index >= 15 is 0 Å². The molecule has 2 atom stereocenters. The highest BCUT2D eigenvalue weighted by Gasteiger charge is 2.34. The molecule has 10 heteroatoms. The lowest BCUT2D eigenvalue weighted by molar-refractivity contribution is 0.0946. The van der Waals surface area contributed by atoms with Gasteiger partial charge in [0.15, 0.2) is 5.69 Å². The minimum atomic E-state index is -0.444. The number of nitrogens with zero attached hydrogens (tertiary/aromatic N) is 5. The third-order valence-electron chi connectivity index (χ3n) is 7.77. The fourth-order valence-electron chi connectivity index (χ4n) is 5.59. The molecule has 3 fully saturated rings. The van der Waals surface area contributed by atoms with Crippen LogP contribution in [0.2, 0.25) is 0 Å². The van der Waals surface area contributed by atoms with Crippen LogP contribution in [0.1, 0.15) is 60.0 Å². The number of aromatic nitrogens is 3. The van der Waals surface area contributed by atoms with Gasteiger partial charge in [0.1, 0.15) is 23.4 Å². The summed E-state index contributed by atoms with van der Waals surface area (Å²) < 4.78 is 13.5. The number of hydrogen-bond acceptors (Lipinski definition) is 7. The molecule has 3 aliphatic rings. The number of carbonyl (C=O) groups is 1. The third-order valence-corrected chi connectivity index (χ3v) is 7.77. The zero-order valence-corrected chi connectivity index (χ0v) is 20.4. The van der Waals surface area contributed by atoms with Crippen molar-refractivity contribution in [1.82, 2.24) is 25.2 Å². The number of carbonyl (C=O) groups excluding carboxylic acids is 1. The first-order valence-electron chi connectivity index (χ1n) is 12.9. The Morgan fingerprint density at radius 3 is 2.65 bits per heavy atom. The van der Waals surface area contributed by atoms with Gasteiger partial charge in [-0.2, -0.15) is 5.26 Å². The monoisotopic (exact) mass is 501 g/mol. The summed E-state index contributed by atoms with van der Waals surface area (Å²) in [7, 11) is 0. The molecule has 3 heterocycles. The van der Waals surface area contributed by atoms with E-state index in [1.165, 1.54) is 12.1 Å². The fraction of sp³-hybridized carbons (Fsp3) is 0.444. The van der Waals surface area contributed by atoms with Crippen molar-refractivity contribution < 1.29 is 9.18 Å². The van der Waals surface area contributed by atoms with Crippen LogP contribution in [0, 0.1) is 17.1 Å². The molecule has 2 aliphatic carbocycles. The summed E-state index contributed by atoms with van der Waals surface area (Å²) in [6.07, 6.45) is 4.86. The Morgan fingerprint density at radius 1 is 1.08 bits per heavy atom. The highest BCUT2D eigenvalue weighted by atomic mass is 19.1. The SMILES string of the molecule is N#Cc1nc(C(=O)NC2CC2)ccc1N1CCN(C2CCC(c3nc4ccc(F)cc4c(=O)[nH]3)C2)CC1. The molecule has 1 aliphatic heterocycles. The van der Waals surface area contributed by atoms with Gasteiger partial charge in [0.25, 0.3) is 11.5 Å². The van der Waals surface area contributed by atoms with E-state index in [-0.39, 0.29) is 40.2 Å². The summed E-state index contributed by atoms with van der Waals surface area (Å²) >= 11 is 0. The highest BCUT2D eigenvalue weighted by Crippen LogP contribution is 2.36. The van der Waals surface area contributed by atoms with E-state index in [0.29, 0.717) is 17.4 Å². The van der Waals surface area contributed by atoms with Gasteiger partial charge >= 0.3 is 0 Å². The number of hydrogen-bond donors (Lipinski definition) is 2. The standard InChI is InChI=1S/C27H28FN7O2/c28-17-2-6-21-20(14-17)26(36)33-25(32-21)16-1-5-19(13-16)34-9-11-35(12-10-34)24-8-7-22(31-23(24)15-29)27(37)30-18-3-4-18/h2,6-8,14,16,18-19H,1,3-5,9-13H2,(H,30,37)(H,32,33,36). The zero-order chi connectivity index (χ0) is 25.5. The molecule has 190 valence electrons. The van der Waals surface area contributed by atoms with E-state index in [2.05, 4.69) is 36.1 Å². The van der Waals surface area contributed by atoms with Crippen LogP contribution in [0.3, 0.4) is 0 Å². The molecule has 37 heavy (non-hydrogen) atoms. The number of nitrogens with one attached hydrogen (secondary N) is 2. The van der Waals surface area contributed by atoms with Gasteiger partial charge in [-0.15, -0.1) is 0 Å². The predicted molar refractivity (Wildman–Crippen MR) is 136 cm³/mol. The lowest BCUT2D eigenvalue weighted by Crippen LogP contribution is -2.50. The van der Waals surface area contributed by atoms with Crippen LogP contribution in [-0.2, 0) is 0 Å². The van der Waals surface area contributed by atoms with Crippen molar-refractivity contribution in [2.45, 2.75) is 50.1 Å². The van der Waals surface area contributed by atoms with Gasteiger partial charge in [-0.3, -0.25) is 14.5 Å². The maximum Gasteiger partial charge on any atom is 0.270 e. The Kier molecular flexibility index (Phi) is 6.08. The van der Waals surface area contributed by atoms with Crippen molar-refractivity contribution >= 4 is 22.5 Å². The molecule has 2 aromatic heterocycles. The molecule has 2 saturated carbocycles. The van der Waals surface area contributed by atoms with Gasteiger partial charge in [-0.1, -0.05) is 0 Å². The van der Waals surface area contributed by atoms with E-state index in [1.54, 1.807) is 12.1 Å². The van der Waals surface area contributed by atoms with Gasteiger partial charge in [-0.25, -0.2) is 14.4 Å². The van der Waals surface area contributed by atoms with E-state index in [0.717, 1.165) is 64.0 Å². The highest BCUT2D eigenvalue weighted by molar-refractivity contribution is 5.93. The number of benzene rings is 1. The van der Waals surface area contributed by atoms with E-state index < -0.39 is 5.82 Å². The second-order valence-electron chi connectivity index (χ2n) is 10.2. The van der Waals surface area contributed by atoms with Crippen LogP contribution in [-0.4, -0.2) is 64.0 Å². The lowest BCUT2D eigenvalue weighted by Gasteiger charge is -2.39. The number of H-pyrrole nitrogens is 1. The minimum Gasteiger partial charge on any atom is -0.367 e. The Morgan fingerprint density at radius 2 is 1.89 bits per heavy atom. The Bertz CT molecular complexity index is 1450. The Hall–Kier alpha value is -3.84. The van der Waals surface area contributed by atoms with Crippen LogP contribution >= 0.6 is 0 Å². The second-order valence-corrected chi connectivity index (χ2v) is 10.2. The molecular weight excluding hydrogens is 473 g/mol. The van der Waals surface area contributed by atoms with Gasteiger partial charge in [-0.05, 0) is 62.4 Å². The number of nitriles is 1.